The Hall–Kier alpha value is -0.710. The first-order valence-corrected chi connectivity index (χ1v) is 26.2. The van der Waals surface area contributed by atoms with Gasteiger partial charge in [0.1, 0.15) is 0 Å². The second-order valence-corrected chi connectivity index (χ2v) is 18.2. The van der Waals surface area contributed by atoms with E-state index in [0.717, 1.165) is 25.7 Å². The number of unbranched alkanes of at least 4 members (excludes halogenated alkanes) is 38. The number of esters is 2. The zero-order valence-electron chi connectivity index (χ0n) is 37.6. The molecule has 0 aromatic rings. The summed E-state index contributed by atoms with van der Waals surface area (Å²) in [5.74, 6) is 1.22. The molecule has 0 spiro atoms. The largest absolute Gasteiger partial charge is 0.466 e. The van der Waals surface area contributed by atoms with Crippen molar-refractivity contribution in [3.05, 3.63) is 0 Å². The molecule has 5 heteroatoms. The molecule has 0 aromatic heterocycles. The van der Waals surface area contributed by atoms with Gasteiger partial charge in [-0.2, -0.15) is 11.8 Å². The molecule has 0 N–H and O–H groups in total. The maximum atomic E-state index is 12.0. The van der Waals surface area contributed by atoms with Crippen LogP contribution >= 0.6 is 11.8 Å². The molecule has 0 aliphatic rings. The molecule has 0 bridgehead atoms. The third-order valence-electron chi connectivity index (χ3n) is 11.4. The third kappa shape index (κ3) is 49.4. The zero-order chi connectivity index (χ0) is 39.8. The number of hydrogen-bond acceptors (Lipinski definition) is 5. The summed E-state index contributed by atoms with van der Waals surface area (Å²) in [5.41, 5.74) is 0. The van der Waals surface area contributed by atoms with E-state index in [1.807, 2.05) is 0 Å². The van der Waals surface area contributed by atoms with Crippen LogP contribution in [0.2, 0.25) is 0 Å². The van der Waals surface area contributed by atoms with E-state index in [1.54, 1.807) is 11.8 Å². The summed E-state index contributed by atoms with van der Waals surface area (Å²) in [6.45, 7) is 5.69. The van der Waals surface area contributed by atoms with Crippen LogP contribution in [0.15, 0.2) is 0 Å². The highest BCUT2D eigenvalue weighted by molar-refractivity contribution is 7.99. The number of ether oxygens (including phenoxy) is 2. The molecule has 0 rings (SSSR count). The maximum Gasteiger partial charge on any atom is 0.306 e. The van der Waals surface area contributed by atoms with Gasteiger partial charge in [-0.3, -0.25) is 9.59 Å². The number of thioether (sulfide) groups is 1. The fourth-order valence-electron chi connectivity index (χ4n) is 7.64. The topological polar surface area (TPSA) is 52.6 Å². The lowest BCUT2D eigenvalue weighted by Crippen LogP contribution is -2.09. The van der Waals surface area contributed by atoms with Gasteiger partial charge < -0.3 is 9.47 Å². The summed E-state index contributed by atoms with van der Waals surface area (Å²) in [5, 5.41) is 0. The maximum absolute atomic E-state index is 12.0. The minimum absolute atomic E-state index is 0.104. The predicted octanol–water partition coefficient (Wildman–Crippen LogP) is 17.2. The molecule has 0 aliphatic heterocycles. The number of carbonyl (C=O) groups excluding carboxylic acids is 2. The molecule has 0 radical (unpaired) electrons. The Bertz CT molecular complexity index is 683. The van der Waals surface area contributed by atoms with Crippen molar-refractivity contribution in [1.29, 1.82) is 0 Å². The van der Waals surface area contributed by atoms with E-state index in [1.165, 1.54) is 231 Å². The smallest absolute Gasteiger partial charge is 0.306 e. The van der Waals surface area contributed by atoms with Crippen LogP contribution in [0, 0.1) is 0 Å². The molecular weight excluding hydrogens is 697 g/mol. The first-order chi connectivity index (χ1) is 27.2. The molecular formula is C50H98O4S. The Morgan fingerprint density at radius 2 is 0.473 bits per heavy atom. The highest BCUT2D eigenvalue weighted by atomic mass is 32.2. The highest BCUT2D eigenvalue weighted by Crippen LogP contribution is 2.17. The first-order valence-electron chi connectivity index (χ1n) is 25.1. The van der Waals surface area contributed by atoms with Gasteiger partial charge in [0, 0.05) is 11.5 Å². The van der Waals surface area contributed by atoms with Crippen molar-refractivity contribution >= 4 is 23.7 Å². The number of rotatable bonds is 48. The van der Waals surface area contributed by atoms with Crippen LogP contribution in [0.3, 0.4) is 0 Å². The quantitative estimate of drug-likeness (QED) is 0.0453. The lowest BCUT2D eigenvalue weighted by atomic mass is 10.0. The van der Waals surface area contributed by atoms with Crippen molar-refractivity contribution in [2.45, 2.75) is 284 Å². The van der Waals surface area contributed by atoms with Gasteiger partial charge in [-0.15, -0.1) is 0 Å². The van der Waals surface area contributed by atoms with Crippen LogP contribution in [0.25, 0.3) is 0 Å². The van der Waals surface area contributed by atoms with Crippen LogP contribution < -0.4 is 0 Å². The molecule has 0 saturated heterocycles. The Kier molecular flexibility index (Phi) is 48.8. The van der Waals surface area contributed by atoms with Gasteiger partial charge in [0.2, 0.25) is 0 Å². The average molecular weight is 795 g/mol. The predicted molar refractivity (Wildman–Crippen MR) is 245 cm³/mol. The Morgan fingerprint density at radius 1 is 0.291 bits per heavy atom. The molecule has 4 nitrogen and oxygen atoms in total. The van der Waals surface area contributed by atoms with Crippen molar-refractivity contribution in [3.63, 3.8) is 0 Å². The number of hydrogen-bond donors (Lipinski definition) is 0. The van der Waals surface area contributed by atoms with Gasteiger partial charge in [0.15, 0.2) is 0 Å². The minimum Gasteiger partial charge on any atom is -0.466 e. The van der Waals surface area contributed by atoms with Crippen LogP contribution in [-0.2, 0) is 19.1 Å². The van der Waals surface area contributed by atoms with E-state index in [0.29, 0.717) is 37.6 Å². The molecule has 0 saturated carbocycles. The lowest BCUT2D eigenvalue weighted by molar-refractivity contribution is -0.144. The molecule has 0 fully saturated rings. The van der Waals surface area contributed by atoms with Crippen molar-refractivity contribution in [2.75, 3.05) is 24.7 Å². The van der Waals surface area contributed by atoms with Gasteiger partial charge in [-0.1, -0.05) is 258 Å². The fraction of sp³-hybridized carbons (Fsp3) is 0.960. The molecule has 328 valence electrons. The molecule has 0 aromatic carbocycles. The monoisotopic (exact) mass is 795 g/mol. The molecule has 0 atom stereocenters. The van der Waals surface area contributed by atoms with Crippen LogP contribution in [-0.4, -0.2) is 36.7 Å². The second kappa shape index (κ2) is 49.4. The minimum atomic E-state index is -0.104. The van der Waals surface area contributed by atoms with Crippen LogP contribution in [0.1, 0.15) is 284 Å². The zero-order valence-corrected chi connectivity index (χ0v) is 38.4. The molecule has 0 heterocycles. The summed E-state index contributed by atoms with van der Waals surface area (Å²) in [7, 11) is 0. The van der Waals surface area contributed by atoms with E-state index >= 15 is 0 Å². The van der Waals surface area contributed by atoms with E-state index < -0.39 is 0 Å². The summed E-state index contributed by atoms with van der Waals surface area (Å²) < 4.78 is 10.8. The van der Waals surface area contributed by atoms with Crippen LogP contribution in [0.4, 0.5) is 0 Å². The molecule has 0 unspecified atom stereocenters. The SMILES string of the molecule is CCCCCCCCCCCCCCCCCCCCCCOC(=O)CCSCCC(=O)OCCCCCCCCCCCCCCCCCCCCCC. The van der Waals surface area contributed by atoms with Gasteiger partial charge >= 0.3 is 11.9 Å². The van der Waals surface area contributed by atoms with Gasteiger partial charge in [-0.25, -0.2) is 0 Å². The van der Waals surface area contributed by atoms with E-state index in [9.17, 15) is 9.59 Å². The third-order valence-corrected chi connectivity index (χ3v) is 12.4. The van der Waals surface area contributed by atoms with Gasteiger partial charge in [0.25, 0.3) is 0 Å². The van der Waals surface area contributed by atoms with Crippen molar-refractivity contribution < 1.29 is 19.1 Å². The fourth-order valence-corrected chi connectivity index (χ4v) is 8.47. The first kappa shape index (κ1) is 54.3. The Labute approximate surface area is 349 Å². The second-order valence-electron chi connectivity index (χ2n) is 17.0. The number of carbonyl (C=O) groups is 2. The van der Waals surface area contributed by atoms with E-state index in [4.69, 9.17) is 9.47 Å². The van der Waals surface area contributed by atoms with Crippen molar-refractivity contribution in [1.82, 2.24) is 0 Å². The lowest BCUT2D eigenvalue weighted by Gasteiger charge is -2.06. The average Bonchev–Trinajstić information content (AvgIpc) is 3.19. The molecule has 0 aliphatic carbocycles. The summed E-state index contributed by atoms with van der Waals surface area (Å²) in [6.07, 6.45) is 55.7. The van der Waals surface area contributed by atoms with Crippen molar-refractivity contribution in [3.8, 4) is 0 Å². The van der Waals surface area contributed by atoms with Crippen LogP contribution in [0.5, 0.6) is 0 Å². The summed E-state index contributed by atoms with van der Waals surface area (Å²) in [6, 6.07) is 0. The Balaban J connectivity index is 3.23. The van der Waals surface area contributed by atoms with Gasteiger partial charge in [0.05, 0.1) is 26.1 Å². The van der Waals surface area contributed by atoms with E-state index in [-0.39, 0.29) is 11.9 Å². The molecule has 55 heavy (non-hydrogen) atoms. The Morgan fingerprint density at radius 3 is 0.673 bits per heavy atom. The van der Waals surface area contributed by atoms with Crippen molar-refractivity contribution in [2.24, 2.45) is 0 Å². The normalized spacial score (nSPS) is 11.4. The van der Waals surface area contributed by atoms with Gasteiger partial charge in [-0.05, 0) is 12.8 Å². The summed E-state index contributed by atoms with van der Waals surface area (Å²) in [4.78, 5) is 24.0. The highest BCUT2D eigenvalue weighted by Gasteiger charge is 2.06. The summed E-state index contributed by atoms with van der Waals surface area (Å²) >= 11 is 1.64. The van der Waals surface area contributed by atoms with E-state index in [2.05, 4.69) is 13.8 Å². The standard InChI is InChI=1S/C50H98O4S/c1-3-5-7-9-11-13-15-17-19-21-23-25-27-29-31-33-35-37-39-41-45-53-49(51)43-47-55-48-44-50(52)54-46-42-40-38-36-34-32-30-28-26-24-22-20-18-16-14-12-10-8-6-4-2/h3-48H2,1-2H3. The molecule has 0 amide bonds.